The van der Waals surface area contributed by atoms with E-state index in [1.807, 2.05) is 19.1 Å². The lowest BCUT2D eigenvalue weighted by atomic mass is 10.1. The van der Waals surface area contributed by atoms with Gasteiger partial charge in [-0.25, -0.2) is 9.18 Å². The molecule has 0 spiro atoms. The number of rotatable bonds is 5. The fraction of sp³-hybridized carbons (Fsp3) is 0.158. The summed E-state index contributed by atoms with van der Waals surface area (Å²) in [6.45, 7) is 3.45. The number of ketones is 1. The van der Waals surface area contributed by atoms with Crippen LogP contribution in [0.5, 0.6) is 0 Å². The number of carbonyl (C=O) groups is 2. The van der Waals surface area contributed by atoms with E-state index in [9.17, 15) is 14.0 Å². The van der Waals surface area contributed by atoms with Gasteiger partial charge in [-0.1, -0.05) is 42.0 Å². The van der Waals surface area contributed by atoms with Gasteiger partial charge in [-0.2, -0.15) is 0 Å². The Labute approximate surface area is 134 Å². The van der Waals surface area contributed by atoms with Crippen LogP contribution < -0.4 is 0 Å². The van der Waals surface area contributed by atoms with Crippen molar-refractivity contribution in [3.63, 3.8) is 0 Å². The molecule has 2 rings (SSSR count). The topological polar surface area (TPSA) is 43.4 Å². The Balaban J connectivity index is 1.96. The molecule has 0 radical (unpaired) electrons. The summed E-state index contributed by atoms with van der Waals surface area (Å²) in [5.74, 6) is -1.30. The van der Waals surface area contributed by atoms with Crippen molar-refractivity contribution in [2.45, 2.75) is 20.0 Å². The normalized spacial score (nSPS) is 12.1. The van der Waals surface area contributed by atoms with Crippen molar-refractivity contribution in [1.29, 1.82) is 0 Å². The van der Waals surface area contributed by atoms with Gasteiger partial charge in [0.25, 0.3) is 0 Å². The van der Waals surface area contributed by atoms with E-state index in [0.29, 0.717) is 11.1 Å². The predicted molar refractivity (Wildman–Crippen MR) is 86.5 cm³/mol. The molecule has 1 atom stereocenters. The number of halogens is 1. The number of esters is 1. The van der Waals surface area contributed by atoms with Gasteiger partial charge in [0, 0.05) is 11.6 Å². The van der Waals surface area contributed by atoms with Gasteiger partial charge < -0.3 is 4.74 Å². The van der Waals surface area contributed by atoms with Crippen molar-refractivity contribution in [2.75, 3.05) is 0 Å². The first-order chi connectivity index (χ1) is 11.0. The summed E-state index contributed by atoms with van der Waals surface area (Å²) in [6, 6.07) is 12.9. The maximum absolute atomic E-state index is 13.0. The minimum Gasteiger partial charge on any atom is -0.451 e. The molecule has 118 valence electrons. The zero-order valence-corrected chi connectivity index (χ0v) is 13.0. The van der Waals surface area contributed by atoms with E-state index in [4.69, 9.17) is 4.74 Å². The minimum absolute atomic E-state index is 0.266. The van der Waals surface area contributed by atoms with Crippen molar-refractivity contribution in [2.24, 2.45) is 0 Å². The summed E-state index contributed by atoms with van der Waals surface area (Å²) in [6.07, 6.45) is 1.73. The molecule has 0 aliphatic carbocycles. The number of ether oxygens (including phenoxy) is 1. The Morgan fingerprint density at radius 1 is 1.13 bits per heavy atom. The molecular weight excluding hydrogens is 295 g/mol. The Bertz CT molecular complexity index is 733. The first-order valence-corrected chi connectivity index (χ1v) is 7.21. The van der Waals surface area contributed by atoms with Crippen LogP contribution in [0.4, 0.5) is 4.39 Å². The van der Waals surface area contributed by atoms with E-state index < -0.39 is 12.1 Å². The van der Waals surface area contributed by atoms with E-state index in [1.165, 1.54) is 31.2 Å². The molecule has 2 aromatic carbocycles. The Morgan fingerprint density at radius 3 is 2.48 bits per heavy atom. The quantitative estimate of drug-likeness (QED) is 0.477. The molecule has 0 amide bonds. The molecular formula is C19H17FO3. The first kappa shape index (κ1) is 16.6. The van der Waals surface area contributed by atoms with E-state index in [0.717, 1.165) is 5.56 Å². The molecule has 0 N–H and O–H groups in total. The summed E-state index contributed by atoms with van der Waals surface area (Å²) < 4.78 is 18.1. The largest absolute Gasteiger partial charge is 0.451 e. The van der Waals surface area contributed by atoms with Gasteiger partial charge in [-0.05, 0) is 37.6 Å². The van der Waals surface area contributed by atoms with E-state index in [-0.39, 0.29) is 11.6 Å². The molecule has 2 aromatic rings. The molecule has 0 saturated carbocycles. The smallest absolute Gasteiger partial charge is 0.331 e. The fourth-order valence-corrected chi connectivity index (χ4v) is 1.99. The van der Waals surface area contributed by atoms with Gasteiger partial charge in [0.15, 0.2) is 6.10 Å². The molecule has 0 bridgehead atoms. The zero-order valence-electron chi connectivity index (χ0n) is 13.0. The summed E-state index contributed by atoms with van der Waals surface area (Å²) in [5.41, 5.74) is 2.08. The van der Waals surface area contributed by atoms with Crippen LogP contribution in [0.1, 0.15) is 28.4 Å². The van der Waals surface area contributed by atoms with Crippen LogP contribution in [0.15, 0.2) is 54.6 Å². The molecule has 0 heterocycles. The lowest BCUT2D eigenvalue weighted by Crippen LogP contribution is -2.23. The number of hydrogen-bond acceptors (Lipinski definition) is 3. The molecule has 0 fully saturated rings. The van der Waals surface area contributed by atoms with E-state index in [2.05, 4.69) is 0 Å². The van der Waals surface area contributed by atoms with Gasteiger partial charge >= 0.3 is 5.97 Å². The Morgan fingerprint density at radius 2 is 1.83 bits per heavy atom. The molecule has 0 aliphatic rings. The van der Waals surface area contributed by atoms with Crippen LogP contribution in [-0.4, -0.2) is 17.9 Å². The SMILES string of the molecule is Cc1ccc(C(=O)[C@@H](C)OC(=O)/C=C/c2cccc(F)c2)cc1. The second-order valence-corrected chi connectivity index (χ2v) is 5.20. The fourth-order valence-electron chi connectivity index (χ4n) is 1.99. The first-order valence-electron chi connectivity index (χ1n) is 7.21. The highest BCUT2D eigenvalue weighted by molar-refractivity contribution is 6.01. The van der Waals surface area contributed by atoms with Crippen LogP contribution in [0.25, 0.3) is 6.08 Å². The van der Waals surface area contributed by atoms with Crippen LogP contribution in [0.3, 0.4) is 0 Å². The van der Waals surface area contributed by atoms with Gasteiger partial charge in [-0.15, -0.1) is 0 Å². The second-order valence-electron chi connectivity index (χ2n) is 5.20. The molecule has 0 unspecified atom stereocenters. The van der Waals surface area contributed by atoms with Crippen LogP contribution >= 0.6 is 0 Å². The molecule has 0 saturated heterocycles. The lowest BCUT2D eigenvalue weighted by Gasteiger charge is -2.11. The monoisotopic (exact) mass is 312 g/mol. The Kier molecular flexibility index (Phi) is 5.41. The van der Waals surface area contributed by atoms with E-state index in [1.54, 1.807) is 24.3 Å². The minimum atomic E-state index is -0.887. The molecule has 23 heavy (non-hydrogen) atoms. The van der Waals surface area contributed by atoms with Gasteiger partial charge in [0.1, 0.15) is 5.82 Å². The van der Waals surface area contributed by atoms with Gasteiger partial charge in [-0.3, -0.25) is 4.79 Å². The van der Waals surface area contributed by atoms with Gasteiger partial charge in [0.2, 0.25) is 5.78 Å². The van der Waals surface area contributed by atoms with Crippen molar-refractivity contribution >= 4 is 17.8 Å². The third-order valence-electron chi connectivity index (χ3n) is 3.26. The number of benzene rings is 2. The van der Waals surface area contributed by atoms with Crippen LogP contribution in [-0.2, 0) is 9.53 Å². The maximum Gasteiger partial charge on any atom is 0.331 e. The van der Waals surface area contributed by atoms with Crippen LogP contribution in [0.2, 0.25) is 0 Å². The summed E-state index contributed by atoms with van der Waals surface area (Å²) in [5, 5.41) is 0. The highest BCUT2D eigenvalue weighted by Gasteiger charge is 2.18. The molecule has 3 nitrogen and oxygen atoms in total. The number of Topliss-reactive ketones (excluding diaryl/α,β-unsaturated/α-hetero) is 1. The molecule has 0 aliphatic heterocycles. The van der Waals surface area contributed by atoms with Crippen molar-refractivity contribution in [3.05, 3.63) is 77.1 Å². The maximum atomic E-state index is 13.0. The zero-order chi connectivity index (χ0) is 16.8. The van der Waals surface area contributed by atoms with Gasteiger partial charge in [0.05, 0.1) is 0 Å². The third-order valence-corrected chi connectivity index (χ3v) is 3.26. The predicted octanol–water partition coefficient (Wildman–Crippen LogP) is 3.96. The summed E-state index contributed by atoms with van der Waals surface area (Å²) in [7, 11) is 0. The molecule has 0 aromatic heterocycles. The van der Waals surface area contributed by atoms with Crippen molar-refractivity contribution < 1.29 is 18.7 Å². The standard InChI is InChI=1S/C19H17FO3/c1-13-6-9-16(10-7-13)19(22)14(2)23-18(21)11-8-15-4-3-5-17(20)12-15/h3-12,14H,1-2H3/b11-8+/t14-/m1/s1. The second kappa shape index (κ2) is 7.49. The number of aryl methyl sites for hydroxylation is 1. The highest BCUT2D eigenvalue weighted by Crippen LogP contribution is 2.10. The third kappa shape index (κ3) is 4.88. The average Bonchev–Trinajstić information content (AvgIpc) is 2.53. The number of carbonyl (C=O) groups excluding carboxylic acids is 2. The number of hydrogen-bond donors (Lipinski definition) is 0. The molecule has 4 heteroatoms. The summed E-state index contributed by atoms with van der Waals surface area (Å²) in [4.78, 5) is 23.9. The lowest BCUT2D eigenvalue weighted by molar-refractivity contribution is -0.140. The summed E-state index contributed by atoms with van der Waals surface area (Å²) >= 11 is 0. The average molecular weight is 312 g/mol. The van der Waals surface area contributed by atoms with Crippen molar-refractivity contribution in [1.82, 2.24) is 0 Å². The van der Waals surface area contributed by atoms with E-state index >= 15 is 0 Å². The Hall–Kier alpha value is -2.75. The van der Waals surface area contributed by atoms with Crippen LogP contribution in [0, 0.1) is 12.7 Å². The van der Waals surface area contributed by atoms with Crippen molar-refractivity contribution in [3.8, 4) is 0 Å². The highest BCUT2D eigenvalue weighted by atomic mass is 19.1.